The molecule has 0 spiro atoms. The smallest absolute Gasteiger partial charge is 0.287 e. The number of hydrogen-bond donors (Lipinski definition) is 2. The van der Waals surface area contributed by atoms with Gasteiger partial charge in [-0.05, 0) is 19.8 Å². The summed E-state index contributed by atoms with van der Waals surface area (Å²) in [6, 6.07) is -0.0378. The molecule has 1 aromatic heterocycles. The maximum Gasteiger partial charge on any atom is 0.287 e. The van der Waals surface area contributed by atoms with Gasteiger partial charge in [0, 0.05) is 6.54 Å². The summed E-state index contributed by atoms with van der Waals surface area (Å²) in [6.45, 7) is 8.20. The van der Waals surface area contributed by atoms with Crippen molar-refractivity contribution in [3.8, 4) is 0 Å². The van der Waals surface area contributed by atoms with Crippen LogP contribution < -0.4 is 10.9 Å². The van der Waals surface area contributed by atoms with Crippen LogP contribution in [-0.4, -0.2) is 27.5 Å². The highest BCUT2D eigenvalue weighted by Crippen LogP contribution is 2.18. The second kappa shape index (κ2) is 7.64. The summed E-state index contributed by atoms with van der Waals surface area (Å²) in [5.74, 6) is 0.241. The average Bonchev–Trinajstić information content (AvgIpc) is 2.41. The lowest BCUT2D eigenvalue weighted by Crippen LogP contribution is -2.30. The van der Waals surface area contributed by atoms with Gasteiger partial charge in [0.1, 0.15) is 5.02 Å². The molecule has 5 nitrogen and oxygen atoms in total. The van der Waals surface area contributed by atoms with Crippen LogP contribution in [0, 0.1) is 5.92 Å². The molecule has 6 heteroatoms. The first-order valence-electron chi connectivity index (χ1n) is 7.11. The van der Waals surface area contributed by atoms with E-state index in [9.17, 15) is 9.90 Å². The standard InChI is InChI=1S/C14H24ClN3O2/c1-5-10(6-2)12(19)8-16-11-7-17-18(9(3)4)14(20)13(11)15/h7,9-10,12,16,19H,5-6,8H2,1-4H3. The third kappa shape index (κ3) is 3.96. The van der Waals surface area contributed by atoms with Crippen molar-refractivity contribution in [3.05, 3.63) is 21.6 Å². The SMILES string of the molecule is CCC(CC)C(O)CNc1cnn(C(C)C)c(=O)c1Cl. The van der Waals surface area contributed by atoms with E-state index in [1.54, 1.807) is 0 Å². The molecule has 2 N–H and O–H groups in total. The molecule has 1 unspecified atom stereocenters. The average molecular weight is 302 g/mol. The zero-order chi connectivity index (χ0) is 15.3. The van der Waals surface area contributed by atoms with Crippen LogP contribution in [-0.2, 0) is 0 Å². The molecule has 1 atom stereocenters. The largest absolute Gasteiger partial charge is 0.391 e. The van der Waals surface area contributed by atoms with Gasteiger partial charge in [-0.1, -0.05) is 38.3 Å². The zero-order valence-electron chi connectivity index (χ0n) is 12.6. The van der Waals surface area contributed by atoms with E-state index >= 15 is 0 Å². The van der Waals surface area contributed by atoms with Gasteiger partial charge in [-0.3, -0.25) is 4.79 Å². The number of hydrogen-bond acceptors (Lipinski definition) is 4. The van der Waals surface area contributed by atoms with Crippen molar-refractivity contribution in [2.24, 2.45) is 5.92 Å². The van der Waals surface area contributed by atoms with E-state index in [1.807, 2.05) is 13.8 Å². The number of rotatable bonds is 7. The van der Waals surface area contributed by atoms with Crippen LogP contribution in [0.2, 0.25) is 5.02 Å². The van der Waals surface area contributed by atoms with Crippen molar-refractivity contribution in [2.75, 3.05) is 11.9 Å². The van der Waals surface area contributed by atoms with Crippen molar-refractivity contribution in [2.45, 2.75) is 52.7 Å². The monoisotopic (exact) mass is 301 g/mol. The van der Waals surface area contributed by atoms with Crippen molar-refractivity contribution >= 4 is 17.3 Å². The number of nitrogens with one attached hydrogen (secondary N) is 1. The zero-order valence-corrected chi connectivity index (χ0v) is 13.3. The lowest BCUT2D eigenvalue weighted by atomic mass is 9.96. The highest BCUT2D eigenvalue weighted by molar-refractivity contribution is 6.32. The summed E-state index contributed by atoms with van der Waals surface area (Å²) >= 11 is 6.06. The topological polar surface area (TPSA) is 67.2 Å². The number of halogens is 1. The Morgan fingerprint density at radius 2 is 2.00 bits per heavy atom. The molecule has 0 saturated heterocycles. The molecule has 114 valence electrons. The van der Waals surface area contributed by atoms with Crippen LogP contribution in [0.5, 0.6) is 0 Å². The van der Waals surface area contributed by atoms with Gasteiger partial charge in [0.25, 0.3) is 5.56 Å². The number of aromatic nitrogens is 2. The first-order valence-corrected chi connectivity index (χ1v) is 7.49. The minimum Gasteiger partial charge on any atom is -0.391 e. The van der Waals surface area contributed by atoms with Gasteiger partial charge < -0.3 is 10.4 Å². The Balaban J connectivity index is 2.80. The second-order valence-electron chi connectivity index (χ2n) is 5.24. The third-order valence-electron chi connectivity index (χ3n) is 3.53. The molecular weight excluding hydrogens is 278 g/mol. The molecule has 0 bridgehead atoms. The summed E-state index contributed by atoms with van der Waals surface area (Å²) in [4.78, 5) is 12.0. The molecule has 1 rings (SSSR count). The Kier molecular flexibility index (Phi) is 6.49. The van der Waals surface area contributed by atoms with E-state index in [1.165, 1.54) is 10.9 Å². The van der Waals surface area contributed by atoms with Crippen molar-refractivity contribution in [3.63, 3.8) is 0 Å². The molecule has 1 aromatic rings. The quantitative estimate of drug-likeness (QED) is 0.812. The molecular formula is C14H24ClN3O2. The molecule has 0 amide bonds. The van der Waals surface area contributed by atoms with Gasteiger partial charge in [-0.2, -0.15) is 5.10 Å². The molecule has 0 aliphatic heterocycles. The lowest BCUT2D eigenvalue weighted by Gasteiger charge is -2.21. The highest BCUT2D eigenvalue weighted by atomic mass is 35.5. The maximum absolute atomic E-state index is 12.0. The summed E-state index contributed by atoms with van der Waals surface area (Å²) in [5.41, 5.74) is 0.155. The van der Waals surface area contributed by atoms with Crippen molar-refractivity contribution < 1.29 is 5.11 Å². The summed E-state index contributed by atoms with van der Waals surface area (Å²) < 4.78 is 1.34. The molecule has 0 aliphatic carbocycles. The van der Waals surface area contributed by atoms with E-state index in [-0.39, 0.29) is 22.5 Å². The molecule has 0 aliphatic rings. The second-order valence-corrected chi connectivity index (χ2v) is 5.62. The predicted octanol–water partition coefficient (Wildman–Crippen LogP) is 2.69. The van der Waals surface area contributed by atoms with E-state index in [0.717, 1.165) is 12.8 Å². The fourth-order valence-corrected chi connectivity index (χ4v) is 2.35. The fourth-order valence-electron chi connectivity index (χ4n) is 2.15. The number of aliphatic hydroxyl groups is 1. The normalized spacial score (nSPS) is 13.0. The maximum atomic E-state index is 12.0. The van der Waals surface area contributed by atoms with E-state index in [2.05, 4.69) is 24.3 Å². The van der Waals surface area contributed by atoms with Gasteiger partial charge in [0.2, 0.25) is 0 Å². The number of nitrogens with zero attached hydrogens (tertiary/aromatic N) is 2. The van der Waals surface area contributed by atoms with Gasteiger partial charge in [0.15, 0.2) is 0 Å². The van der Waals surface area contributed by atoms with Crippen molar-refractivity contribution in [1.82, 2.24) is 9.78 Å². The molecule has 0 fully saturated rings. The minimum absolute atomic E-state index is 0.0378. The predicted molar refractivity (Wildman–Crippen MR) is 82.5 cm³/mol. The summed E-state index contributed by atoms with van der Waals surface area (Å²) in [6.07, 6.45) is 2.90. The molecule has 1 heterocycles. The van der Waals surface area contributed by atoms with Crippen LogP contribution in [0.15, 0.2) is 11.0 Å². The van der Waals surface area contributed by atoms with E-state index < -0.39 is 6.10 Å². The van der Waals surface area contributed by atoms with Crippen LogP contribution in [0.25, 0.3) is 0 Å². The van der Waals surface area contributed by atoms with E-state index in [4.69, 9.17) is 11.6 Å². The van der Waals surface area contributed by atoms with Crippen LogP contribution in [0.1, 0.15) is 46.6 Å². The van der Waals surface area contributed by atoms with Crippen LogP contribution >= 0.6 is 11.6 Å². The van der Waals surface area contributed by atoms with Gasteiger partial charge >= 0.3 is 0 Å². The summed E-state index contributed by atoms with van der Waals surface area (Å²) in [7, 11) is 0. The first-order chi connectivity index (χ1) is 9.42. The van der Waals surface area contributed by atoms with Crippen LogP contribution in [0.4, 0.5) is 5.69 Å². The fraction of sp³-hybridized carbons (Fsp3) is 0.714. The van der Waals surface area contributed by atoms with Gasteiger partial charge in [0.05, 0.1) is 24.0 Å². The minimum atomic E-state index is -0.464. The third-order valence-corrected chi connectivity index (χ3v) is 3.89. The number of anilines is 1. The Morgan fingerprint density at radius 1 is 1.40 bits per heavy atom. The Labute approximate surface area is 125 Å². The molecule has 0 saturated carbocycles. The molecule has 0 radical (unpaired) electrons. The Bertz CT molecular complexity index is 484. The first kappa shape index (κ1) is 17.0. The molecule has 0 aromatic carbocycles. The highest BCUT2D eigenvalue weighted by Gasteiger charge is 2.17. The number of aliphatic hydroxyl groups excluding tert-OH is 1. The lowest BCUT2D eigenvalue weighted by molar-refractivity contribution is 0.114. The molecule has 20 heavy (non-hydrogen) atoms. The Hall–Kier alpha value is -1.07. The van der Waals surface area contributed by atoms with Gasteiger partial charge in [-0.15, -0.1) is 0 Å². The summed E-state index contributed by atoms with van der Waals surface area (Å²) in [5, 5.41) is 17.3. The van der Waals surface area contributed by atoms with Gasteiger partial charge in [-0.25, -0.2) is 4.68 Å². The van der Waals surface area contributed by atoms with Crippen LogP contribution in [0.3, 0.4) is 0 Å². The van der Waals surface area contributed by atoms with E-state index in [0.29, 0.717) is 12.2 Å². The van der Waals surface area contributed by atoms with Crippen molar-refractivity contribution in [1.29, 1.82) is 0 Å². The Morgan fingerprint density at radius 3 is 2.50 bits per heavy atom.